The van der Waals surface area contributed by atoms with E-state index in [9.17, 15) is 4.79 Å². The number of halogens is 1. The Morgan fingerprint density at radius 1 is 1.03 bits per heavy atom. The predicted molar refractivity (Wildman–Crippen MR) is 140 cm³/mol. The molecule has 1 fully saturated rings. The first kappa shape index (κ1) is 24.2. The van der Waals surface area contributed by atoms with Crippen LogP contribution in [0.15, 0.2) is 53.6 Å². The van der Waals surface area contributed by atoms with Crippen molar-refractivity contribution in [3.63, 3.8) is 0 Å². The molecule has 0 bridgehead atoms. The maximum Gasteiger partial charge on any atom is 0.234 e. The van der Waals surface area contributed by atoms with E-state index in [1.807, 2.05) is 12.1 Å². The molecule has 1 amide bonds. The molecule has 2 heterocycles. The van der Waals surface area contributed by atoms with E-state index in [0.29, 0.717) is 21.5 Å². The Bertz CT molecular complexity index is 1150. The van der Waals surface area contributed by atoms with E-state index in [4.69, 9.17) is 16.3 Å². The lowest BCUT2D eigenvalue weighted by molar-refractivity contribution is -0.113. The van der Waals surface area contributed by atoms with Crippen LogP contribution in [0.1, 0.15) is 11.1 Å². The third-order valence-corrected chi connectivity index (χ3v) is 6.94. The van der Waals surface area contributed by atoms with Crippen molar-refractivity contribution >= 4 is 46.5 Å². The summed E-state index contributed by atoms with van der Waals surface area (Å²) in [6.45, 7) is 7.96. The van der Waals surface area contributed by atoms with Gasteiger partial charge >= 0.3 is 0 Å². The Balaban J connectivity index is 1.27. The number of thioether (sulfide) groups is 1. The van der Waals surface area contributed by atoms with E-state index in [1.165, 1.54) is 28.6 Å². The van der Waals surface area contributed by atoms with Crippen LogP contribution in [0, 0.1) is 13.8 Å². The van der Waals surface area contributed by atoms with E-state index >= 15 is 0 Å². The highest BCUT2D eigenvalue weighted by Gasteiger charge is 2.20. The number of carbonyl (C=O) groups excluding carboxylic acids is 1. The quantitative estimate of drug-likeness (QED) is 0.469. The number of anilines is 3. The third-order valence-electron chi connectivity index (χ3n) is 5.72. The summed E-state index contributed by atoms with van der Waals surface area (Å²) >= 11 is 7.46. The summed E-state index contributed by atoms with van der Waals surface area (Å²) in [5.74, 6) is 1.52. The fourth-order valence-electron chi connectivity index (χ4n) is 3.88. The number of nitrogens with one attached hydrogen (secondary N) is 1. The minimum Gasteiger partial charge on any atom is -0.495 e. The van der Waals surface area contributed by atoms with Crippen molar-refractivity contribution in [3.8, 4) is 5.75 Å². The maximum absolute atomic E-state index is 12.3. The molecular formula is C25H28ClN5O2S. The summed E-state index contributed by atoms with van der Waals surface area (Å²) in [7, 11) is 1.55. The number of hydrogen-bond acceptors (Lipinski definition) is 7. The van der Waals surface area contributed by atoms with Crippen LogP contribution in [0.5, 0.6) is 5.75 Å². The molecule has 7 nitrogen and oxygen atoms in total. The van der Waals surface area contributed by atoms with Crippen LogP contribution < -0.4 is 19.9 Å². The lowest BCUT2D eigenvalue weighted by atomic mass is 10.1. The Morgan fingerprint density at radius 3 is 2.47 bits per heavy atom. The summed E-state index contributed by atoms with van der Waals surface area (Å²) in [5, 5.41) is 12.7. The van der Waals surface area contributed by atoms with Gasteiger partial charge < -0.3 is 19.9 Å². The van der Waals surface area contributed by atoms with Crippen molar-refractivity contribution in [3.05, 3.63) is 64.7 Å². The van der Waals surface area contributed by atoms with Gasteiger partial charge in [0.05, 0.1) is 17.9 Å². The number of ether oxygens (including phenoxy) is 1. The summed E-state index contributed by atoms with van der Waals surface area (Å²) in [6.07, 6.45) is 0. The number of methoxy groups -OCH3 is 1. The van der Waals surface area contributed by atoms with E-state index in [2.05, 4.69) is 57.4 Å². The smallest absolute Gasteiger partial charge is 0.234 e. The highest BCUT2D eigenvalue weighted by molar-refractivity contribution is 7.99. The molecule has 1 aromatic heterocycles. The molecule has 3 aromatic rings. The van der Waals surface area contributed by atoms with Crippen LogP contribution >= 0.6 is 23.4 Å². The van der Waals surface area contributed by atoms with Crippen LogP contribution in [0.2, 0.25) is 5.02 Å². The Hall–Kier alpha value is -2.97. The van der Waals surface area contributed by atoms with Gasteiger partial charge in [0, 0.05) is 37.6 Å². The number of piperazine rings is 1. The van der Waals surface area contributed by atoms with Crippen LogP contribution in [0.3, 0.4) is 0 Å². The molecule has 0 aliphatic carbocycles. The lowest BCUT2D eigenvalue weighted by Gasteiger charge is -2.37. The fourth-order valence-corrected chi connectivity index (χ4v) is 4.75. The minimum absolute atomic E-state index is 0.139. The topological polar surface area (TPSA) is 70.6 Å². The average molecular weight is 498 g/mol. The van der Waals surface area contributed by atoms with Crippen LogP contribution in [-0.4, -0.2) is 55.1 Å². The normalized spacial score (nSPS) is 13.6. The number of amides is 1. The number of aryl methyl sites for hydroxylation is 2. The van der Waals surface area contributed by atoms with Crippen molar-refractivity contribution in [2.45, 2.75) is 18.9 Å². The second-order valence-corrected chi connectivity index (χ2v) is 9.58. The van der Waals surface area contributed by atoms with E-state index in [1.54, 1.807) is 25.3 Å². The number of benzene rings is 2. The van der Waals surface area contributed by atoms with Gasteiger partial charge in [0.1, 0.15) is 10.8 Å². The highest BCUT2D eigenvalue weighted by Crippen LogP contribution is 2.28. The van der Waals surface area contributed by atoms with Gasteiger partial charge in [-0.2, -0.15) is 0 Å². The molecule has 0 spiro atoms. The van der Waals surface area contributed by atoms with Crippen LogP contribution in [0.25, 0.3) is 0 Å². The zero-order valence-electron chi connectivity index (χ0n) is 19.5. The van der Waals surface area contributed by atoms with Crippen molar-refractivity contribution in [1.82, 2.24) is 10.2 Å². The molecule has 0 radical (unpaired) electrons. The molecule has 4 rings (SSSR count). The van der Waals surface area contributed by atoms with E-state index in [-0.39, 0.29) is 11.7 Å². The van der Waals surface area contributed by atoms with Crippen molar-refractivity contribution in [2.24, 2.45) is 0 Å². The zero-order valence-corrected chi connectivity index (χ0v) is 21.1. The monoisotopic (exact) mass is 497 g/mol. The first-order valence-electron chi connectivity index (χ1n) is 11.1. The zero-order chi connectivity index (χ0) is 24.1. The van der Waals surface area contributed by atoms with Crippen molar-refractivity contribution in [2.75, 3.05) is 54.2 Å². The number of hydrogen-bond donors (Lipinski definition) is 1. The SMILES string of the molecule is COc1ccc(NC(=O)CSc2ccc(N3CCN(c4cc(C)ccc4C)CC3)nn2)cc1Cl. The van der Waals surface area contributed by atoms with Gasteiger partial charge in [0.25, 0.3) is 0 Å². The Morgan fingerprint density at radius 2 is 1.79 bits per heavy atom. The van der Waals surface area contributed by atoms with Gasteiger partial charge in [-0.05, 0) is 61.4 Å². The molecule has 1 aliphatic rings. The molecule has 0 unspecified atom stereocenters. The summed E-state index contributed by atoms with van der Waals surface area (Å²) < 4.78 is 5.13. The average Bonchev–Trinajstić information content (AvgIpc) is 2.85. The first-order valence-corrected chi connectivity index (χ1v) is 12.5. The van der Waals surface area contributed by atoms with Gasteiger partial charge in [-0.15, -0.1) is 10.2 Å². The van der Waals surface area contributed by atoms with Gasteiger partial charge in [-0.3, -0.25) is 4.79 Å². The second-order valence-electron chi connectivity index (χ2n) is 8.18. The number of nitrogens with zero attached hydrogens (tertiary/aromatic N) is 4. The molecule has 1 aliphatic heterocycles. The summed E-state index contributed by atoms with van der Waals surface area (Å²) in [4.78, 5) is 17.0. The number of carbonyl (C=O) groups is 1. The molecule has 178 valence electrons. The Kier molecular flexibility index (Phi) is 7.80. The lowest BCUT2D eigenvalue weighted by Crippen LogP contribution is -2.47. The second kappa shape index (κ2) is 11.0. The largest absolute Gasteiger partial charge is 0.495 e. The first-order chi connectivity index (χ1) is 16.4. The summed E-state index contributed by atoms with van der Waals surface area (Å²) in [5.41, 5.74) is 4.52. The van der Waals surface area contributed by atoms with Crippen LogP contribution in [0.4, 0.5) is 17.2 Å². The molecule has 0 saturated carbocycles. The molecule has 2 aromatic carbocycles. The van der Waals surface area contributed by atoms with E-state index in [0.717, 1.165) is 32.0 Å². The molecule has 1 saturated heterocycles. The summed E-state index contributed by atoms with van der Waals surface area (Å²) in [6, 6.07) is 15.6. The van der Waals surface area contributed by atoms with Gasteiger partial charge in [0.15, 0.2) is 5.82 Å². The molecule has 1 N–H and O–H groups in total. The number of aromatic nitrogens is 2. The minimum atomic E-state index is -0.139. The fraction of sp³-hybridized carbons (Fsp3) is 0.320. The maximum atomic E-state index is 12.3. The molecule has 34 heavy (non-hydrogen) atoms. The Labute approximate surface area is 209 Å². The molecular weight excluding hydrogens is 470 g/mol. The molecule has 0 atom stereocenters. The standard InChI is InChI=1S/C25H28ClN5O2S/c1-17-4-5-18(2)21(14-17)30-10-12-31(13-11-30)23-8-9-25(29-28-23)34-16-24(32)27-19-6-7-22(33-3)20(26)15-19/h4-9,14-15H,10-13,16H2,1-3H3,(H,27,32). The van der Waals surface area contributed by atoms with Crippen molar-refractivity contribution < 1.29 is 9.53 Å². The van der Waals surface area contributed by atoms with Gasteiger partial charge in [0.2, 0.25) is 5.91 Å². The van der Waals surface area contributed by atoms with Crippen molar-refractivity contribution in [1.29, 1.82) is 0 Å². The molecule has 9 heteroatoms. The van der Waals surface area contributed by atoms with E-state index < -0.39 is 0 Å². The third kappa shape index (κ3) is 5.93. The predicted octanol–water partition coefficient (Wildman–Crippen LogP) is 4.81. The van der Waals surface area contributed by atoms with Gasteiger partial charge in [-0.1, -0.05) is 35.5 Å². The number of rotatable bonds is 7. The van der Waals surface area contributed by atoms with Crippen LogP contribution in [-0.2, 0) is 4.79 Å². The highest BCUT2D eigenvalue weighted by atomic mass is 35.5. The van der Waals surface area contributed by atoms with Gasteiger partial charge in [-0.25, -0.2) is 0 Å².